The van der Waals surface area contributed by atoms with Crippen LogP contribution in [-0.2, 0) is 9.84 Å². The zero-order valence-electron chi connectivity index (χ0n) is 12.0. The molecule has 20 heavy (non-hydrogen) atoms. The third-order valence-corrected chi connectivity index (χ3v) is 4.63. The van der Waals surface area contributed by atoms with Crippen molar-refractivity contribution in [2.24, 2.45) is 0 Å². The van der Waals surface area contributed by atoms with E-state index >= 15 is 0 Å². The predicted molar refractivity (Wildman–Crippen MR) is 79.0 cm³/mol. The summed E-state index contributed by atoms with van der Waals surface area (Å²) in [5.41, 5.74) is 0. The number of nitrogens with zero attached hydrogens (tertiary/aromatic N) is 1. The SMILES string of the molecule is C[C@H]1CNCCN1CCOc1cccc(S(C)(=O)=O)c1. The Morgan fingerprint density at radius 2 is 2.25 bits per heavy atom. The minimum absolute atomic E-state index is 0.297. The predicted octanol–water partition coefficient (Wildman–Crippen LogP) is 0.763. The molecule has 1 aliphatic rings. The lowest BCUT2D eigenvalue weighted by Gasteiger charge is -2.33. The van der Waals surface area contributed by atoms with E-state index < -0.39 is 9.84 Å². The summed E-state index contributed by atoms with van der Waals surface area (Å²) in [6.45, 7) is 6.64. The first-order valence-corrected chi connectivity index (χ1v) is 8.73. The van der Waals surface area contributed by atoms with Gasteiger partial charge in [-0.25, -0.2) is 8.42 Å². The van der Waals surface area contributed by atoms with Gasteiger partial charge in [0, 0.05) is 38.5 Å². The van der Waals surface area contributed by atoms with Gasteiger partial charge in [-0.3, -0.25) is 4.90 Å². The van der Waals surface area contributed by atoms with Crippen molar-refractivity contribution in [1.29, 1.82) is 0 Å². The molecule has 1 aromatic carbocycles. The van der Waals surface area contributed by atoms with Crippen LogP contribution in [0, 0.1) is 0 Å². The van der Waals surface area contributed by atoms with E-state index in [1.165, 1.54) is 6.26 Å². The highest BCUT2D eigenvalue weighted by molar-refractivity contribution is 7.90. The Morgan fingerprint density at radius 3 is 2.95 bits per heavy atom. The van der Waals surface area contributed by atoms with Crippen molar-refractivity contribution in [3.63, 3.8) is 0 Å². The first-order valence-electron chi connectivity index (χ1n) is 6.84. The van der Waals surface area contributed by atoms with Crippen LogP contribution >= 0.6 is 0 Å². The van der Waals surface area contributed by atoms with E-state index in [4.69, 9.17) is 4.74 Å². The number of ether oxygens (including phenoxy) is 1. The first-order chi connectivity index (χ1) is 9.47. The van der Waals surface area contributed by atoms with Gasteiger partial charge in [0.05, 0.1) is 4.90 Å². The minimum Gasteiger partial charge on any atom is -0.492 e. The van der Waals surface area contributed by atoms with Gasteiger partial charge in [0.25, 0.3) is 0 Å². The van der Waals surface area contributed by atoms with E-state index in [0.29, 0.717) is 23.3 Å². The highest BCUT2D eigenvalue weighted by Gasteiger charge is 2.17. The highest BCUT2D eigenvalue weighted by Crippen LogP contribution is 2.17. The normalized spacial score (nSPS) is 20.8. The Labute approximate surface area is 120 Å². The molecule has 0 spiro atoms. The molecule has 0 amide bonds. The Hall–Kier alpha value is -1.11. The summed E-state index contributed by atoms with van der Waals surface area (Å²) < 4.78 is 28.6. The van der Waals surface area contributed by atoms with Gasteiger partial charge >= 0.3 is 0 Å². The second-order valence-corrected chi connectivity index (χ2v) is 7.20. The molecule has 112 valence electrons. The van der Waals surface area contributed by atoms with Crippen molar-refractivity contribution in [2.75, 3.05) is 39.0 Å². The lowest BCUT2D eigenvalue weighted by molar-refractivity contribution is 0.143. The molecule has 0 unspecified atom stereocenters. The Kier molecular flexibility index (Phi) is 5.01. The Bertz CT molecular complexity index is 545. The second kappa shape index (κ2) is 6.56. The zero-order chi connectivity index (χ0) is 14.6. The third-order valence-electron chi connectivity index (χ3n) is 3.52. The van der Waals surface area contributed by atoms with Crippen LogP contribution in [0.15, 0.2) is 29.2 Å². The van der Waals surface area contributed by atoms with E-state index in [-0.39, 0.29) is 0 Å². The maximum atomic E-state index is 11.5. The lowest BCUT2D eigenvalue weighted by Crippen LogP contribution is -2.50. The van der Waals surface area contributed by atoms with Crippen LogP contribution in [-0.4, -0.2) is 58.4 Å². The zero-order valence-corrected chi connectivity index (χ0v) is 12.8. The molecule has 1 aliphatic heterocycles. The molecule has 1 saturated heterocycles. The molecule has 1 atom stereocenters. The van der Waals surface area contributed by atoms with Crippen LogP contribution in [0.3, 0.4) is 0 Å². The van der Waals surface area contributed by atoms with E-state index in [1.54, 1.807) is 24.3 Å². The molecule has 6 heteroatoms. The summed E-state index contributed by atoms with van der Waals surface area (Å²) in [6.07, 6.45) is 1.20. The van der Waals surface area contributed by atoms with Gasteiger partial charge in [0.1, 0.15) is 12.4 Å². The molecule has 1 heterocycles. The van der Waals surface area contributed by atoms with E-state index in [0.717, 1.165) is 26.2 Å². The molecule has 0 aromatic heterocycles. The average Bonchev–Trinajstić information content (AvgIpc) is 2.40. The molecule has 1 N–H and O–H groups in total. The maximum Gasteiger partial charge on any atom is 0.175 e. The van der Waals surface area contributed by atoms with Crippen molar-refractivity contribution >= 4 is 9.84 Å². The Morgan fingerprint density at radius 1 is 1.45 bits per heavy atom. The number of nitrogens with one attached hydrogen (secondary N) is 1. The summed E-state index contributed by atoms with van der Waals surface area (Å²) >= 11 is 0. The molecule has 5 nitrogen and oxygen atoms in total. The monoisotopic (exact) mass is 298 g/mol. The van der Waals surface area contributed by atoms with E-state index in [1.807, 2.05) is 0 Å². The summed E-state index contributed by atoms with van der Waals surface area (Å²) in [6, 6.07) is 7.17. The molecule has 0 bridgehead atoms. The number of rotatable bonds is 5. The number of piperazine rings is 1. The summed E-state index contributed by atoms with van der Waals surface area (Å²) in [7, 11) is -3.18. The highest BCUT2D eigenvalue weighted by atomic mass is 32.2. The smallest absolute Gasteiger partial charge is 0.175 e. The van der Waals surface area contributed by atoms with E-state index in [9.17, 15) is 8.42 Å². The van der Waals surface area contributed by atoms with Gasteiger partial charge in [-0.15, -0.1) is 0 Å². The molecule has 0 saturated carbocycles. The molecular formula is C14H22N2O3S. The summed E-state index contributed by atoms with van der Waals surface area (Å²) in [5.74, 6) is 0.607. The number of hydrogen-bond donors (Lipinski definition) is 1. The summed E-state index contributed by atoms with van der Waals surface area (Å²) in [4.78, 5) is 2.67. The van der Waals surface area contributed by atoms with Crippen molar-refractivity contribution < 1.29 is 13.2 Å². The van der Waals surface area contributed by atoms with Crippen molar-refractivity contribution in [3.8, 4) is 5.75 Å². The van der Waals surface area contributed by atoms with Crippen molar-refractivity contribution in [3.05, 3.63) is 24.3 Å². The fraction of sp³-hybridized carbons (Fsp3) is 0.571. The topological polar surface area (TPSA) is 58.6 Å². The van der Waals surface area contributed by atoms with Crippen LogP contribution in [0.1, 0.15) is 6.92 Å². The van der Waals surface area contributed by atoms with Crippen LogP contribution in [0.25, 0.3) is 0 Å². The van der Waals surface area contributed by atoms with Crippen LogP contribution in [0.5, 0.6) is 5.75 Å². The third kappa shape index (κ3) is 4.19. The lowest BCUT2D eigenvalue weighted by atomic mass is 10.2. The minimum atomic E-state index is -3.18. The van der Waals surface area contributed by atoms with Gasteiger partial charge in [-0.2, -0.15) is 0 Å². The van der Waals surface area contributed by atoms with Gasteiger partial charge < -0.3 is 10.1 Å². The molecule has 2 rings (SSSR count). The molecule has 0 aliphatic carbocycles. The maximum absolute atomic E-state index is 11.5. The Balaban J connectivity index is 1.88. The average molecular weight is 298 g/mol. The second-order valence-electron chi connectivity index (χ2n) is 5.18. The quantitative estimate of drug-likeness (QED) is 0.870. The van der Waals surface area contributed by atoms with Crippen LogP contribution < -0.4 is 10.1 Å². The molecular weight excluding hydrogens is 276 g/mol. The van der Waals surface area contributed by atoms with Gasteiger partial charge in [0.2, 0.25) is 0 Å². The van der Waals surface area contributed by atoms with Crippen LogP contribution in [0.2, 0.25) is 0 Å². The number of hydrogen-bond acceptors (Lipinski definition) is 5. The fourth-order valence-corrected chi connectivity index (χ4v) is 2.95. The van der Waals surface area contributed by atoms with Crippen LogP contribution in [0.4, 0.5) is 0 Å². The molecule has 1 aromatic rings. The van der Waals surface area contributed by atoms with Gasteiger partial charge in [0.15, 0.2) is 9.84 Å². The number of benzene rings is 1. The van der Waals surface area contributed by atoms with Crippen molar-refractivity contribution in [2.45, 2.75) is 17.9 Å². The summed E-state index contributed by atoms with van der Waals surface area (Å²) in [5, 5.41) is 3.35. The fourth-order valence-electron chi connectivity index (χ4n) is 2.29. The van der Waals surface area contributed by atoms with Gasteiger partial charge in [-0.05, 0) is 25.1 Å². The van der Waals surface area contributed by atoms with E-state index in [2.05, 4.69) is 17.1 Å². The number of sulfone groups is 1. The molecule has 0 radical (unpaired) electrons. The largest absolute Gasteiger partial charge is 0.492 e. The first kappa shape index (κ1) is 15.3. The standard InChI is InChI=1S/C14H22N2O3S/c1-12-11-15-6-7-16(12)8-9-19-13-4-3-5-14(10-13)20(2,17)18/h3-5,10,12,15H,6-9,11H2,1-2H3/t12-/m0/s1. The molecule has 1 fully saturated rings. The van der Waals surface area contributed by atoms with Gasteiger partial charge in [-0.1, -0.05) is 6.07 Å². The van der Waals surface area contributed by atoms with Crippen molar-refractivity contribution in [1.82, 2.24) is 10.2 Å².